The van der Waals surface area contributed by atoms with Gasteiger partial charge in [-0.3, -0.25) is 4.99 Å². The number of alkyl halides is 6. The summed E-state index contributed by atoms with van der Waals surface area (Å²) in [6, 6.07) is 1.98. The number of halogens is 6. The van der Waals surface area contributed by atoms with E-state index in [1.54, 1.807) is 0 Å². The summed E-state index contributed by atoms with van der Waals surface area (Å²) >= 11 is 0. The Morgan fingerprint density at radius 1 is 1.17 bits per heavy atom. The summed E-state index contributed by atoms with van der Waals surface area (Å²) in [4.78, 5) is 7.20. The van der Waals surface area contributed by atoms with Gasteiger partial charge >= 0.3 is 12.4 Å². The van der Waals surface area contributed by atoms with Crippen LogP contribution in [0, 0.1) is 0 Å². The van der Waals surface area contributed by atoms with Crippen LogP contribution in [0.1, 0.15) is 12.0 Å². The number of pyridine rings is 1. The van der Waals surface area contributed by atoms with Crippen LogP contribution < -0.4 is 15.4 Å². The van der Waals surface area contributed by atoms with Crippen LogP contribution in [0.15, 0.2) is 23.3 Å². The molecule has 0 aromatic carbocycles. The molecule has 0 aliphatic heterocycles. The van der Waals surface area contributed by atoms with Crippen molar-refractivity contribution in [2.24, 2.45) is 4.99 Å². The fourth-order valence-corrected chi connectivity index (χ4v) is 1.58. The monoisotopic (exact) mass is 358 g/mol. The van der Waals surface area contributed by atoms with E-state index in [9.17, 15) is 26.3 Å². The van der Waals surface area contributed by atoms with Crippen LogP contribution in [-0.4, -0.2) is 43.9 Å². The first-order valence-electron chi connectivity index (χ1n) is 6.80. The average molecular weight is 358 g/mol. The Labute approximate surface area is 134 Å². The lowest BCUT2D eigenvalue weighted by molar-refractivity contribution is -0.139. The van der Waals surface area contributed by atoms with Crippen molar-refractivity contribution in [3.05, 3.63) is 23.9 Å². The molecule has 0 fully saturated rings. The predicted molar refractivity (Wildman–Crippen MR) is 74.8 cm³/mol. The van der Waals surface area contributed by atoms with Crippen molar-refractivity contribution in [2.75, 3.05) is 26.7 Å². The fourth-order valence-electron chi connectivity index (χ4n) is 1.58. The second-order valence-electron chi connectivity index (χ2n) is 4.49. The molecular formula is C13H16F6N4O. The number of hydrogen-bond acceptors (Lipinski definition) is 3. The maximum Gasteiger partial charge on any atom is 0.421 e. The Bertz CT molecular complexity index is 544. The molecule has 24 heavy (non-hydrogen) atoms. The van der Waals surface area contributed by atoms with Crippen LogP contribution in [0.3, 0.4) is 0 Å². The number of nitrogens with one attached hydrogen (secondary N) is 2. The molecule has 5 nitrogen and oxygen atoms in total. The third-order valence-electron chi connectivity index (χ3n) is 2.63. The zero-order valence-electron chi connectivity index (χ0n) is 12.6. The van der Waals surface area contributed by atoms with E-state index in [-0.39, 0.29) is 25.7 Å². The normalized spacial score (nSPS) is 12.9. The first-order valence-corrected chi connectivity index (χ1v) is 6.80. The van der Waals surface area contributed by atoms with Crippen LogP contribution in [0.2, 0.25) is 0 Å². The molecule has 1 aromatic heterocycles. The zero-order chi connectivity index (χ0) is 18.2. The van der Waals surface area contributed by atoms with E-state index in [0.29, 0.717) is 0 Å². The maximum absolute atomic E-state index is 12.7. The number of aromatic nitrogens is 1. The van der Waals surface area contributed by atoms with Crippen LogP contribution in [0.4, 0.5) is 26.3 Å². The Balaban J connectivity index is 2.40. The summed E-state index contributed by atoms with van der Waals surface area (Å²) in [7, 11) is 1.35. The van der Waals surface area contributed by atoms with Gasteiger partial charge < -0.3 is 15.4 Å². The van der Waals surface area contributed by atoms with Crippen molar-refractivity contribution in [2.45, 2.75) is 18.8 Å². The van der Waals surface area contributed by atoms with Crippen molar-refractivity contribution in [3.8, 4) is 5.88 Å². The van der Waals surface area contributed by atoms with Crippen molar-refractivity contribution in [3.63, 3.8) is 0 Å². The first kappa shape index (κ1) is 19.8. The Hall–Kier alpha value is -2.20. The highest BCUT2D eigenvalue weighted by molar-refractivity contribution is 5.79. The number of ether oxygens (including phenoxy) is 1. The average Bonchev–Trinajstić information content (AvgIpc) is 2.48. The molecular weight excluding hydrogens is 342 g/mol. The van der Waals surface area contributed by atoms with Gasteiger partial charge in [0.2, 0.25) is 5.88 Å². The Kier molecular flexibility index (Phi) is 7.11. The number of hydrogen-bond donors (Lipinski definition) is 2. The van der Waals surface area contributed by atoms with Crippen LogP contribution in [0.5, 0.6) is 5.88 Å². The van der Waals surface area contributed by atoms with Crippen molar-refractivity contribution < 1.29 is 31.1 Å². The second kappa shape index (κ2) is 8.60. The van der Waals surface area contributed by atoms with E-state index in [2.05, 4.69) is 20.6 Å². The van der Waals surface area contributed by atoms with E-state index in [1.165, 1.54) is 7.05 Å². The van der Waals surface area contributed by atoms with Gasteiger partial charge in [0.1, 0.15) is 12.2 Å². The predicted octanol–water partition coefficient (Wildman–Crippen LogP) is 2.60. The summed E-state index contributed by atoms with van der Waals surface area (Å²) in [5, 5.41) is 5.05. The van der Waals surface area contributed by atoms with Gasteiger partial charge in [-0.05, 0) is 12.1 Å². The minimum atomic E-state index is -4.59. The number of nitrogens with zero attached hydrogens (tertiary/aromatic N) is 2. The van der Waals surface area contributed by atoms with E-state index in [1.807, 2.05) is 0 Å². The van der Waals surface area contributed by atoms with Gasteiger partial charge in [-0.2, -0.15) is 26.3 Å². The molecule has 136 valence electrons. The van der Waals surface area contributed by atoms with Gasteiger partial charge in [-0.15, -0.1) is 0 Å². The molecule has 0 aliphatic rings. The fraction of sp³-hybridized carbons (Fsp3) is 0.538. The van der Waals surface area contributed by atoms with Gasteiger partial charge in [0.05, 0.1) is 13.0 Å². The smallest absolute Gasteiger partial charge is 0.421 e. The molecule has 0 radical (unpaired) electrons. The van der Waals surface area contributed by atoms with Crippen LogP contribution in [0.25, 0.3) is 0 Å². The molecule has 0 aliphatic carbocycles. The van der Waals surface area contributed by atoms with Crippen molar-refractivity contribution in [1.29, 1.82) is 0 Å². The number of guanidine groups is 1. The third-order valence-corrected chi connectivity index (χ3v) is 2.63. The van der Waals surface area contributed by atoms with Crippen LogP contribution in [-0.2, 0) is 6.18 Å². The number of rotatable bonds is 6. The molecule has 0 unspecified atom stereocenters. The van der Waals surface area contributed by atoms with E-state index < -0.39 is 30.2 Å². The van der Waals surface area contributed by atoms with E-state index in [4.69, 9.17) is 4.74 Å². The molecule has 11 heteroatoms. The summed E-state index contributed by atoms with van der Waals surface area (Å²) in [6.45, 7) is -0.526. The molecule has 1 rings (SSSR count). The standard InChI is InChI=1S/C13H16F6N4O/c1-20-11(22-6-4-12(14,15)16)23-7-8-24-10-9(13(17,18)19)3-2-5-21-10/h2-3,5H,4,6-8H2,1H3,(H2,20,22,23). The summed E-state index contributed by atoms with van der Waals surface area (Å²) in [5.74, 6) is -0.480. The minimum Gasteiger partial charge on any atom is -0.475 e. The summed E-state index contributed by atoms with van der Waals surface area (Å²) in [6.07, 6.45) is -8.75. The summed E-state index contributed by atoms with van der Waals surface area (Å²) < 4.78 is 79.2. The minimum absolute atomic E-state index is 0.0273. The molecule has 2 N–H and O–H groups in total. The third kappa shape index (κ3) is 7.38. The second-order valence-corrected chi connectivity index (χ2v) is 4.49. The SMILES string of the molecule is CN=C(NCCOc1ncccc1C(F)(F)F)NCCC(F)(F)F. The van der Waals surface area contributed by atoms with Gasteiger partial charge in [-0.25, -0.2) is 4.98 Å². The molecule has 0 saturated heterocycles. The molecule has 1 heterocycles. The lowest BCUT2D eigenvalue weighted by Gasteiger charge is -2.14. The van der Waals surface area contributed by atoms with Gasteiger partial charge in [0.15, 0.2) is 5.96 Å². The Morgan fingerprint density at radius 2 is 1.83 bits per heavy atom. The van der Waals surface area contributed by atoms with Gasteiger partial charge in [0, 0.05) is 19.8 Å². The molecule has 0 saturated carbocycles. The highest BCUT2D eigenvalue weighted by atomic mass is 19.4. The zero-order valence-corrected chi connectivity index (χ0v) is 12.6. The van der Waals surface area contributed by atoms with Crippen LogP contribution >= 0.6 is 0 Å². The maximum atomic E-state index is 12.7. The largest absolute Gasteiger partial charge is 0.475 e. The van der Waals surface area contributed by atoms with Gasteiger partial charge in [0.25, 0.3) is 0 Å². The van der Waals surface area contributed by atoms with E-state index in [0.717, 1.165) is 18.3 Å². The highest BCUT2D eigenvalue weighted by Crippen LogP contribution is 2.34. The molecule has 0 spiro atoms. The lowest BCUT2D eigenvalue weighted by atomic mass is 10.2. The van der Waals surface area contributed by atoms with E-state index >= 15 is 0 Å². The number of aliphatic imine (C=N–C) groups is 1. The topological polar surface area (TPSA) is 58.5 Å². The lowest BCUT2D eigenvalue weighted by Crippen LogP contribution is -2.40. The first-order chi connectivity index (χ1) is 11.1. The quantitative estimate of drug-likeness (QED) is 0.355. The molecule has 1 aromatic rings. The van der Waals surface area contributed by atoms with Crippen molar-refractivity contribution in [1.82, 2.24) is 15.6 Å². The highest BCUT2D eigenvalue weighted by Gasteiger charge is 2.35. The molecule has 0 amide bonds. The van der Waals surface area contributed by atoms with Crippen molar-refractivity contribution >= 4 is 5.96 Å². The molecule has 0 bridgehead atoms. The Morgan fingerprint density at radius 3 is 2.42 bits per heavy atom. The van der Waals surface area contributed by atoms with Gasteiger partial charge in [-0.1, -0.05) is 0 Å². The summed E-state index contributed by atoms with van der Waals surface area (Å²) in [5.41, 5.74) is -1.00. The molecule has 0 atom stereocenters.